The lowest BCUT2D eigenvalue weighted by Crippen LogP contribution is -2.33. The van der Waals surface area contributed by atoms with E-state index in [1.165, 1.54) is 20.2 Å². The SMILES string of the molecule is COc1cc(/C=N\NC(=O)[C@H](C)Oc2ccc3ccccc3c2)ccc1OC(C)=O. The second kappa shape index (κ2) is 9.56. The van der Waals surface area contributed by atoms with Crippen LogP contribution in [0, 0.1) is 0 Å². The zero-order valence-electron chi connectivity index (χ0n) is 16.9. The van der Waals surface area contributed by atoms with Gasteiger partial charge in [-0.25, -0.2) is 5.43 Å². The van der Waals surface area contributed by atoms with E-state index in [9.17, 15) is 9.59 Å². The fraction of sp³-hybridized carbons (Fsp3) is 0.174. The summed E-state index contributed by atoms with van der Waals surface area (Å²) in [4.78, 5) is 23.4. The molecule has 1 N–H and O–H groups in total. The minimum atomic E-state index is -0.732. The van der Waals surface area contributed by atoms with Crippen LogP contribution in [0.1, 0.15) is 19.4 Å². The number of amides is 1. The molecule has 0 aromatic heterocycles. The van der Waals surface area contributed by atoms with Crippen molar-refractivity contribution in [1.82, 2.24) is 5.43 Å². The highest BCUT2D eigenvalue weighted by molar-refractivity contribution is 5.86. The van der Waals surface area contributed by atoms with Gasteiger partial charge in [-0.05, 0) is 53.6 Å². The third kappa shape index (κ3) is 5.35. The number of nitrogens with zero attached hydrogens (tertiary/aromatic N) is 1. The molecule has 7 nitrogen and oxygen atoms in total. The molecule has 154 valence electrons. The van der Waals surface area contributed by atoms with Crippen molar-refractivity contribution in [1.29, 1.82) is 0 Å². The first-order valence-electron chi connectivity index (χ1n) is 9.31. The summed E-state index contributed by atoms with van der Waals surface area (Å²) < 4.78 is 16.0. The standard InChI is InChI=1S/C23H22N2O5/c1-15(29-20-10-9-18-6-4-5-7-19(18)13-20)23(27)25-24-14-17-8-11-21(30-16(2)26)22(12-17)28-3/h4-15H,1-3H3,(H,25,27)/b24-14-/t15-/m0/s1. The fourth-order valence-corrected chi connectivity index (χ4v) is 2.76. The third-order valence-corrected chi connectivity index (χ3v) is 4.23. The lowest BCUT2D eigenvalue weighted by Gasteiger charge is -2.13. The molecule has 1 atom stereocenters. The number of esters is 1. The Labute approximate surface area is 174 Å². The van der Waals surface area contributed by atoms with Gasteiger partial charge in [0.15, 0.2) is 17.6 Å². The Morgan fingerprint density at radius 1 is 1.00 bits per heavy atom. The lowest BCUT2D eigenvalue weighted by atomic mass is 10.1. The van der Waals surface area contributed by atoms with Crippen LogP contribution in [0.15, 0.2) is 65.8 Å². The molecule has 0 aliphatic rings. The highest BCUT2D eigenvalue weighted by Gasteiger charge is 2.14. The Kier molecular flexibility index (Phi) is 6.64. The summed E-state index contributed by atoms with van der Waals surface area (Å²) in [7, 11) is 1.47. The van der Waals surface area contributed by atoms with Gasteiger partial charge in [-0.1, -0.05) is 30.3 Å². The lowest BCUT2D eigenvalue weighted by molar-refractivity contribution is -0.132. The largest absolute Gasteiger partial charge is 0.493 e. The predicted octanol–water partition coefficient (Wildman–Crippen LogP) is 3.69. The molecule has 0 aliphatic heterocycles. The highest BCUT2D eigenvalue weighted by Crippen LogP contribution is 2.27. The number of hydrazone groups is 1. The van der Waals surface area contributed by atoms with Crippen LogP contribution in [0.5, 0.6) is 17.2 Å². The summed E-state index contributed by atoms with van der Waals surface area (Å²) >= 11 is 0. The topological polar surface area (TPSA) is 86.2 Å². The minimum Gasteiger partial charge on any atom is -0.493 e. The van der Waals surface area contributed by atoms with Crippen LogP contribution in [0.3, 0.4) is 0 Å². The predicted molar refractivity (Wildman–Crippen MR) is 114 cm³/mol. The van der Waals surface area contributed by atoms with E-state index in [2.05, 4.69) is 10.5 Å². The van der Waals surface area contributed by atoms with Gasteiger partial charge in [0.05, 0.1) is 13.3 Å². The molecule has 0 fully saturated rings. The zero-order valence-corrected chi connectivity index (χ0v) is 16.9. The number of hydrogen-bond acceptors (Lipinski definition) is 6. The summed E-state index contributed by atoms with van der Waals surface area (Å²) in [6, 6.07) is 18.5. The molecule has 0 unspecified atom stereocenters. The molecular formula is C23H22N2O5. The summed E-state index contributed by atoms with van der Waals surface area (Å²) in [5.74, 6) is 0.466. The van der Waals surface area contributed by atoms with Crippen molar-refractivity contribution in [3.8, 4) is 17.2 Å². The minimum absolute atomic E-state index is 0.309. The molecule has 0 saturated carbocycles. The second-order valence-electron chi connectivity index (χ2n) is 6.51. The van der Waals surface area contributed by atoms with Crippen LogP contribution in [-0.2, 0) is 9.59 Å². The number of rotatable bonds is 7. The molecule has 0 bridgehead atoms. The van der Waals surface area contributed by atoms with E-state index in [0.29, 0.717) is 22.8 Å². The number of benzene rings is 3. The van der Waals surface area contributed by atoms with Crippen LogP contribution >= 0.6 is 0 Å². The first kappa shape index (κ1) is 20.9. The number of carbonyl (C=O) groups excluding carboxylic acids is 2. The maximum atomic E-state index is 12.3. The number of hydrogen-bond donors (Lipinski definition) is 1. The molecule has 30 heavy (non-hydrogen) atoms. The Bertz CT molecular complexity index is 1090. The first-order chi connectivity index (χ1) is 14.5. The van der Waals surface area contributed by atoms with E-state index >= 15 is 0 Å². The van der Waals surface area contributed by atoms with E-state index in [1.54, 1.807) is 25.1 Å². The smallest absolute Gasteiger partial charge is 0.308 e. The van der Waals surface area contributed by atoms with Crippen LogP contribution in [-0.4, -0.2) is 31.3 Å². The van der Waals surface area contributed by atoms with Crippen molar-refractivity contribution >= 4 is 28.9 Å². The maximum Gasteiger partial charge on any atom is 0.308 e. The van der Waals surface area contributed by atoms with Crippen molar-refractivity contribution in [2.75, 3.05) is 7.11 Å². The molecular weight excluding hydrogens is 384 g/mol. The molecule has 1 amide bonds. The van der Waals surface area contributed by atoms with E-state index < -0.39 is 12.1 Å². The van der Waals surface area contributed by atoms with Gasteiger partial charge in [0.25, 0.3) is 5.91 Å². The van der Waals surface area contributed by atoms with Crippen LogP contribution in [0.25, 0.3) is 10.8 Å². The van der Waals surface area contributed by atoms with Crippen LogP contribution in [0.4, 0.5) is 0 Å². The molecule has 3 rings (SSSR count). The molecule has 0 saturated heterocycles. The van der Waals surface area contributed by atoms with Gasteiger partial charge in [-0.2, -0.15) is 5.10 Å². The molecule has 3 aromatic rings. The van der Waals surface area contributed by atoms with Gasteiger partial charge in [-0.15, -0.1) is 0 Å². The molecule has 3 aromatic carbocycles. The summed E-state index contributed by atoms with van der Waals surface area (Å²) in [6.07, 6.45) is 0.727. The first-order valence-corrected chi connectivity index (χ1v) is 9.31. The van der Waals surface area contributed by atoms with Gasteiger partial charge >= 0.3 is 5.97 Å². The molecule has 7 heteroatoms. The highest BCUT2D eigenvalue weighted by atomic mass is 16.6. The number of methoxy groups -OCH3 is 1. The van der Waals surface area contributed by atoms with Crippen LogP contribution < -0.4 is 19.6 Å². The summed E-state index contributed by atoms with van der Waals surface area (Å²) in [5, 5.41) is 6.09. The van der Waals surface area contributed by atoms with Crippen molar-refractivity contribution in [2.45, 2.75) is 20.0 Å². The van der Waals surface area contributed by atoms with Crippen molar-refractivity contribution < 1.29 is 23.8 Å². The second-order valence-corrected chi connectivity index (χ2v) is 6.51. The van der Waals surface area contributed by atoms with Gasteiger partial charge < -0.3 is 14.2 Å². The van der Waals surface area contributed by atoms with E-state index in [1.807, 2.05) is 42.5 Å². The maximum absolute atomic E-state index is 12.3. The van der Waals surface area contributed by atoms with Gasteiger partial charge in [0, 0.05) is 6.92 Å². The quantitative estimate of drug-likeness (QED) is 0.280. The zero-order chi connectivity index (χ0) is 21.5. The summed E-state index contributed by atoms with van der Waals surface area (Å²) in [5.41, 5.74) is 3.11. The molecule has 0 spiro atoms. The van der Waals surface area contributed by atoms with Crippen molar-refractivity contribution in [3.05, 3.63) is 66.2 Å². The van der Waals surface area contributed by atoms with Crippen molar-refractivity contribution in [2.24, 2.45) is 5.10 Å². The summed E-state index contributed by atoms with van der Waals surface area (Å²) in [6.45, 7) is 2.96. The normalized spacial score (nSPS) is 11.8. The van der Waals surface area contributed by atoms with Crippen LogP contribution in [0.2, 0.25) is 0 Å². The number of ether oxygens (including phenoxy) is 3. The van der Waals surface area contributed by atoms with E-state index in [0.717, 1.165) is 10.8 Å². The Hall–Kier alpha value is -3.87. The molecule has 0 heterocycles. The monoisotopic (exact) mass is 406 g/mol. The molecule has 0 aliphatic carbocycles. The fourth-order valence-electron chi connectivity index (χ4n) is 2.76. The van der Waals surface area contributed by atoms with E-state index in [-0.39, 0.29) is 5.91 Å². The van der Waals surface area contributed by atoms with Gasteiger partial charge in [0.1, 0.15) is 5.75 Å². The number of fused-ring (bicyclic) bond motifs is 1. The number of nitrogens with one attached hydrogen (secondary N) is 1. The Balaban J connectivity index is 1.59. The van der Waals surface area contributed by atoms with Gasteiger partial charge in [-0.3, -0.25) is 9.59 Å². The average Bonchev–Trinajstić information content (AvgIpc) is 2.74. The average molecular weight is 406 g/mol. The third-order valence-electron chi connectivity index (χ3n) is 4.23. The van der Waals surface area contributed by atoms with Crippen molar-refractivity contribution in [3.63, 3.8) is 0 Å². The van der Waals surface area contributed by atoms with E-state index in [4.69, 9.17) is 14.2 Å². The molecule has 0 radical (unpaired) electrons. The van der Waals surface area contributed by atoms with Gasteiger partial charge in [0.2, 0.25) is 0 Å². The number of carbonyl (C=O) groups is 2. The Morgan fingerprint density at radius 2 is 1.77 bits per heavy atom. The Morgan fingerprint density at radius 3 is 2.50 bits per heavy atom.